The number of benzene rings is 2. The summed E-state index contributed by atoms with van der Waals surface area (Å²) in [7, 11) is 0. The molecule has 1 amide bonds. The van der Waals surface area contributed by atoms with Gasteiger partial charge in [-0.3, -0.25) is 4.79 Å². The highest BCUT2D eigenvalue weighted by atomic mass is 16.5. The Bertz CT molecular complexity index is 1220. The second kappa shape index (κ2) is 9.03. The molecule has 1 aliphatic rings. The molecule has 2 aromatic heterocycles. The number of anilines is 4. The summed E-state index contributed by atoms with van der Waals surface area (Å²) in [4.78, 5) is 19.0. The van der Waals surface area contributed by atoms with Crippen LogP contribution in [0.2, 0.25) is 0 Å². The van der Waals surface area contributed by atoms with E-state index in [4.69, 9.17) is 4.74 Å². The number of nitrogens with one attached hydrogen (secondary N) is 2. The van der Waals surface area contributed by atoms with Crippen molar-refractivity contribution >= 4 is 39.8 Å². The fourth-order valence-corrected chi connectivity index (χ4v) is 3.69. The standard InChI is InChI=1S/C23H23N7O2/c31-23(15-30-16-24-20-3-1-2-4-21(20)30)27-18-7-5-17(6-8-18)26-22-13-19(14-25-28-22)29-9-11-32-12-10-29/h1-8,13-14,16H,9-12,15H2,(H,26,28)(H,27,31). The third kappa shape index (κ3) is 4.52. The summed E-state index contributed by atoms with van der Waals surface area (Å²) in [6, 6.07) is 17.2. The number of hydrogen-bond donors (Lipinski definition) is 2. The van der Waals surface area contributed by atoms with Gasteiger partial charge in [0.05, 0.1) is 42.5 Å². The van der Waals surface area contributed by atoms with E-state index in [0.29, 0.717) is 5.82 Å². The molecule has 4 aromatic rings. The third-order valence-electron chi connectivity index (χ3n) is 5.30. The minimum Gasteiger partial charge on any atom is -0.378 e. The lowest BCUT2D eigenvalue weighted by Gasteiger charge is -2.28. The zero-order valence-electron chi connectivity index (χ0n) is 17.4. The van der Waals surface area contributed by atoms with Gasteiger partial charge in [0.1, 0.15) is 6.54 Å². The Hall–Kier alpha value is -3.98. The maximum absolute atomic E-state index is 12.5. The number of amides is 1. The first-order valence-electron chi connectivity index (χ1n) is 10.5. The number of carbonyl (C=O) groups excluding carboxylic acids is 1. The molecule has 1 aliphatic heterocycles. The smallest absolute Gasteiger partial charge is 0.244 e. The van der Waals surface area contributed by atoms with Gasteiger partial charge in [-0.05, 0) is 36.4 Å². The average Bonchev–Trinajstić information content (AvgIpc) is 3.24. The molecule has 1 saturated heterocycles. The normalized spacial score (nSPS) is 13.8. The highest BCUT2D eigenvalue weighted by Crippen LogP contribution is 2.22. The molecule has 162 valence electrons. The SMILES string of the molecule is O=C(Cn1cnc2ccccc21)Nc1ccc(Nc2cc(N3CCOCC3)cnn2)cc1. The Labute approximate surface area is 185 Å². The molecule has 1 fully saturated rings. The Morgan fingerprint density at radius 3 is 2.66 bits per heavy atom. The van der Waals surface area contributed by atoms with E-state index in [1.165, 1.54) is 0 Å². The van der Waals surface area contributed by atoms with E-state index in [0.717, 1.165) is 54.4 Å². The molecule has 32 heavy (non-hydrogen) atoms. The number of aromatic nitrogens is 4. The van der Waals surface area contributed by atoms with Crippen LogP contribution in [0, 0.1) is 0 Å². The van der Waals surface area contributed by atoms with Gasteiger partial charge in [-0.2, -0.15) is 5.10 Å². The average molecular weight is 429 g/mol. The Balaban J connectivity index is 1.20. The lowest BCUT2D eigenvalue weighted by atomic mass is 10.2. The maximum Gasteiger partial charge on any atom is 0.244 e. The van der Waals surface area contributed by atoms with Gasteiger partial charge in [0.15, 0.2) is 5.82 Å². The van der Waals surface area contributed by atoms with E-state index in [1.54, 1.807) is 12.5 Å². The molecule has 0 bridgehead atoms. The monoisotopic (exact) mass is 429 g/mol. The Morgan fingerprint density at radius 2 is 1.81 bits per heavy atom. The Kier molecular flexibility index (Phi) is 5.63. The van der Waals surface area contributed by atoms with Gasteiger partial charge >= 0.3 is 0 Å². The van der Waals surface area contributed by atoms with Crippen molar-refractivity contribution in [2.75, 3.05) is 41.8 Å². The van der Waals surface area contributed by atoms with Crippen LogP contribution in [-0.4, -0.2) is 52.0 Å². The van der Waals surface area contributed by atoms with E-state index in [-0.39, 0.29) is 12.5 Å². The molecule has 9 heteroatoms. The van der Waals surface area contributed by atoms with Crippen LogP contribution >= 0.6 is 0 Å². The molecule has 0 aliphatic carbocycles. The van der Waals surface area contributed by atoms with Crippen LogP contribution < -0.4 is 15.5 Å². The van der Waals surface area contributed by atoms with Gasteiger partial charge in [-0.15, -0.1) is 5.10 Å². The van der Waals surface area contributed by atoms with Crippen molar-refractivity contribution in [1.82, 2.24) is 19.7 Å². The largest absolute Gasteiger partial charge is 0.378 e. The minimum absolute atomic E-state index is 0.113. The molecule has 0 unspecified atom stereocenters. The van der Waals surface area contributed by atoms with E-state index in [1.807, 2.05) is 59.2 Å². The first kappa shape index (κ1) is 20.0. The molecule has 0 radical (unpaired) electrons. The Morgan fingerprint density at radius 1 is 1.03 bits per heavy atom. The van der Waals surface area contributed by atoms with Gasteiger partial charge in [0.2, 0.25) is 5.91 Å². The van der Waals surface area contributed by atoms with Gasteiger partial charge in [-0.25, -0.2) is 4.98 Å². The number of rotatable bonds is 6. The van der Waals surface area contributed by atoms with E-state index >= 15 is 0 Å². The number of carbonyl (C=O) groups is 1. The highest BCUT2D eigenvalue weighted by molar-refractivity contribution is 5.91. The highest BCUT2D eigenvalue weighted by Gasteiger charge is 2.12. The molecule has 5 rings (SSSR count). The fraction of sp³-hybridized carbons (Fsp3) is 0.217. The summed E-state index contributed by atoms with van der Waals surface area (Å²) >= 11 is 0. The third-order valence-corrected chi connectivity index (χ3v) is 5.30. The first-order chi connectivity index (χ1) is 15.7. The summed E-state index contributed by atoms with van der Waals surface area (Å²) in [6.07, 6.45) is 3.45. The van der Waals surface area contributed by atoms with Crippen molar-refractivity contribution in [3.05, 3.63) is 67.1 Å². The molecule has 0 saturated carbocycles. The molecular weight excluding hydrogens is 406 g/mol. The zero-order chi connectivity index (χ0) is 21.8. The minimum atomic E-state index is -0.113. The lowest BCUT2D eigenvalue weighted by Crippen LogP contribution is -2.36. The van der Waals surface area contributed by atoms with Crippen molar-refractivity contribution in [2.24, 2.45) is 0 Å². The number of imidazole rings is 1. The van der Waals surface area contributed by atoms with E-state index in [9.17, 15) is 4.79 Å². The van der Waals surface area contributed by atoms with Crippen LogP contribution in [-0.2, 0) is 16.1 Å². The van der Waals surface area contributed by atoms with E-state index in [2.05, 4.69) is 30.7 Å². The summed E-state index contributed by atoms with van der Waals surface area (Å²) in [5.41, 5.74) is 4.40. The molecule has 2 N–H and O–H groups in total. The van der Waals surface area contributed by atoms with Crippen LogP contribution in [0.15, 0.2) is 67.1 Å². The molecule has 3 heterocycles. The van der Waals surface area contributed by atoms with Crippen LogP contribution in [0.5, 0.6) is 0 Å². The quantitative estimate of drug-likeness (QED) is 0.486. The number of ether oxygens (including phenoxy) is 1. The van der Waals surface area contributed by atoms with Crippen LogP contribution in [0.25, 0.3) is 11.0 Å². The number of para-hydroxylation sites is 2. The molecule has 2 aromatic carbocycles. The van der Waals surface area contributed by atoms with Crippen LogP contribution in [0.4, 0.5) is 22.9 Å². The molecule has 0 atom stereocenters. The van der Waals surface area contributed by atoms with E-state index < -0.39 is 0 Å². The van der Waals surface area contributed by atoms with Gasteiger partial charge in [0, 0.05) is 30.5 Å². The van der Waals surface area contributed by atoms with Crippen LogP contribution in [0.1, 0.15) is 0 Å². The summed E-state index contributed by atoms with van der Waals surface area (Å²) in [6.45, 7) is 3.32. The van der Waals surface area contributed by atoms with Gasteiger partial charge in [0.25, 0.3) is 0 Å². The predicted octanol–water partition coefficient (Wildman–Crippen LogP) is 3.05. The van der Waals surface area contributed by atoms with Gasteiger partial charge < -0.3 is 24.8 Å². The summed E-state index contributed by atoms with van der Waals surface area (Å²) in [5, 5.41) is 14.5. The van der Waals surface area contributed by atoms with Crippen molar-refractivity contribution in [2.45, 2.75) is 6.54 Å². The summed E-state index contributed by atoms with van der Waals surface area (Å²) < 4.78 is 7.24. The maximum atomic E-state index is 12.5. The lowest BCUT2D eigenvalue weighted by molar-refractivity contribution is -0.116. The molecular formula is C23H23N7O2. The number of morpholine rings is 1. The topological polar surface area (TPSA) is 97.2 Å². The van der Waals surface area contributed by atoms with Crippen molar-refractivity contribution in [1.29, 1.82) is 0 Å². The first-order valence-corrected chi connectivity index (χ1v) is 10.5. The number of nitrogens with zero attached hydrogens (tertiary/aromatic N) is 5. The summed E-state index contributed by atoms with van der Waals surface area (Å²) in [5.74, 6) is 0.552. The second-order valence-corrected chi connectivity index (χ2v) is 7.51. The van der Waals surface area contributed by atoms with Crippen molar-refractivity contribution in [3.8, 4) is 0 Å². The predicted molar refractivity (Wildman–Crippen MR) is 123 cm³/mol. The van der Waals surface area contributed by atoms with Crippen LogP contribution in [0.3, 0.4) is 0 Å². The fourth-order valence-electron chi connectivity index (χ4n) is 3.69. The zero-order valence-corrected chi connectivity index (χ0v) is 17.4. The van der Waals surface area contributed by atoms with Crippen molar-refractivity contribution in [3.63, 3.8) is 0 Å². The van der Waals surface area contributed by atoms with Crippen molar-refractivity contribution < 1.29 is 9.53 Å². The number of hydrogen-bond acceptors (Lipinski definition) is 7. The number of fused-ring (bicyclic) bond motifs is 1. The molecule has 9 nitrogen and oxygen atoms in total. The molecule has 0 spiro atoms. The van der Waals surface area contributed by atoms with Gasteiger partial charge in [-0.1, -0.05) is 12.1 Å². The second-order valence-electron chi connectivity index (χ2n) is 7.51.